The summed E-state index contributed by atoms with van der Waals surface area (Å²) in [6.07, 6.45) is 2.14. The van der Waals surface area contributed by atoms with Crippen LogP contribution in [0.4, 0.5) is 0 Å². The summed E-state index contributed by atoms with van der Waals surface area (Å²) < 4.78 is 4.75. The Bertz CT molecular complexity index is 316. The van der Waals surface area contributed by atoms with Gasteiger partial charge in [0.1, 0.15) is 5.41 Å². The number of esters is 1. The van der Waals surface area contributed by atoms with Crippen LogP contribution in [0.1, 0.15) is 32.6 Å². The Hall–Kier alpha value is -1.57. The van der Waals surface area contributed by atoms with Crippen LogP contribution in [0.3, 0.4) is 0 Å². The number of carbonyl (C=O) groups excluding carboxylic acids is 2. The lowest BCUT2D eigenvalue weighted by Gasteiger charge is -2.07. The summed E-state index contributed by atoms with van der Waals surface area (Å²) >= 11 is 0. The van der Waals surface area contributed by atoms with Gasteiger partial charge in [-0.15, -0.1) is 0 Å². The highest BCUT2D eigenvalue weighted by molar-refractivity contribution is 5.88. The van der Waals surface area contributed by atoms with Crippen LogP contribution in [0, 0.1) is 16.7 Å². The molecule has 1 amide bonds. The van der Waals surface area contributed by atoms with Gasteiger partial charge in [-0.3, -0.25) is 9.59 Å². The van der Waals surface area contributed by atoms with Crippen LogP contribution in [-0.2, 0) is 14.3 Å². The van der Waals surface area contributed by atoms with Gasteiger partial charge in [0.05, 0.1) is 12.7 Å². The Kier molecular flexibility index (Phi) is 4.29. The van der Waals surface area contributed by atoms with E-state index in [-0.39, 0.29) is 11.9 Å². The van der Waals surface area contributed by atoms with E-state index in [0.717, 1.165) is 0 Å². The van der Waals surface area contributed by atoms with E-state index in [0.29, 0.717) is 38.8 Å². The lowest BCUT2D eigenvalue weighted by molar-refractivity contribution is -0.143. The monoisotopic (exact) mass is 224 g/mol. The summed E-state index contributed by atoms with van der Waals surface area (Å²) in [4.78, 5) is 22.4. The van der Waals surface area contributed by atoms with Gasteiger partial charge in [-0.2, -0.15) is 5.26 Å². The van der Waals surface area contributed by atoms with Crippen molar-refractivity contribution in [3.8, 4) is 6.07 Å². The average molecular weight is 224 g/mol. The Morgan fingerprint density at radius 1 is 1.50 bits per heavy atom. The van der Waals surface area contributed by atoms with E-state index in [1.54, 1.807) is 6.92 Å². The van der Waals surface area contributed by atoms with Crippen LogP contribution >= 0.6 is 0 Å². The molecule has 0 bridgehead atoms. The van der Waals surface area contributed by atoms with Gasteiger partial charge in [0.15, 0.2) is 0 Å². The highest BCUT2D eigenvalue weighted by Crippen LogP contribution is 2.44. The van der Waals surface area contributed by atoms with Crippen LogP contribution in [0.25, 0.3) is 0 Å². The molecular formula is C11H16N2O3. The van der Waals surface area contributed by atoms with Crippen molar-refractivity contribution >= 4 is 11.9 Å². The van der Waals surface area contributed by atoms with Crippen molar-refractivity contribution in [3.63, 3.8) is 0 Å². The lowest BCUT2D eigenvalue weighted by atomic mass is 10.1. The van der Waals surface area contributed by atoms with Crippen molar-refractivity contribution in [1.82, 2.24) is 5.32 Å². The number of nitrogens with zero attached hydrogens (tertiary/aromatic N) is 1. The van der Waals surface area contributed by atoms with E-state index in [1.807, 2.05) is 6.07 Å². The van der Waals surface area contributed by atoms with E-state index in [2.05, 4.69) is 5.32 Å². The number of hydrogen-bond donors (Lipinski definition) is 1. The van der Waals surface area contributed by atoms with E-state index < -0.39 is 5.41 Å². The van der Waals surface area contributed by atoms with Gasteiger partial charge >= 0.3 is 5.97 Å². The van der Waals surface area contributed by atoms with Crippen molar-refractivity contribution in [1.29, 1.82) is 5.26 Å². The first kappa shape index (κ1) is 12.5. The fourth-order valence-electron chi connectivity index (χ4n) is 1.35. The normalized spacial score (nSPS) is 16.0. The molecule has 0 aromatic carbocycles. The lowest BCUT2D eigenvalue weighted by Crippen LogP contribution is -2.32. The Morgan fingerprint density at radius 3 is 2.69 bits per heavy atom. The molecule has 0 aliphatic heterocycles. The predicted octanol–water partition coefficient (Wildman–Crippen LogP) is 0.750. The minimum atomic E-state index is -0.774. The zero-order valence-corrected chi connectivity index (χ0v) is 9.41. The molecule has 5 heteroatoms. The number of nitrogens with one attached hydrogen (secondary N) is 1. The number of hydrogen-bond acceptors (Lipinski definition) is 4. The van der Waals surface area contributed by atoms with E-state index in [4.69, 9.17) is 10.00 Å². The molecule has 0 saturated heterocycles. The summed E-state index contributed by atoms with van der Waals surface area (Å²) in [5, 5.41) is 11.4. The molecule has 16 heavy (non-hydrogen) atoms. The number of ether oxygens (including phenoxy) is 1. The maximum absolute atomic E-state index is 11.5. The number of rotatable bonds is 6. The third-order valence-corrected chi connectivity index (χ3v) is 2.55. The first-order chi connectivity index (χ1) is 7.64. The molecule has 0 atom stereocenters. The second-order valence-corrected chi connectivity index (χ2v) is 3.86. The maximum atomic E-state index is 11.5. The number of carbonyl (C=O) groups is 2. The van der Waals surface area contributed by atoms with Crippen LogP contribution < -0.4 is 5.32 Å². The summed E-state index contributed by atoms with van der Waals surface area (Å²) in [5.74, 6) is -0.461. The molecule has 0 radical (unpaired) electrons. The molecule has 1 saturated carbocycles. The smallest absolute Gasteiger partial charge is 0.305 e. The van der Waals surface area contributed by atoms with Crippen molar-refractivity contribution in [2.45, 2.75) is 32.6 Å². The van der Waals surface area contributed by atoms with Crippen LogP contribution in [0.5, 0.6) is 0 Å². The van der Waals surface area contributed by atoms with Gasteiger partial charge < -0.3 is 10.1 Å². The Morgan fingerprint density at radius 2 is 2.19 bits per heavy atom. The summed E-state index contributed by atoms with van der Waals surface area (Å²) in [5.41, 5.74) is -0.774. The predicted molar refractivity (Wildman–Crippen MR) is 56.2 cm³/mol. The molecular weight excluding hydrogens is 208 g/mol. The van der Waals surface area contributed by atoms with Crippen molar-refractivity contribution < 1.29 is 14.3 Å². The van der Waals surface area contributed by atoms with Gasteiger partial charge in [-0.25, -0.2) is 0 Å². The van der Waals surface area contributed by atoms with Gasteiger partial charge in [-0.1, -0.05) is 0 Å². The molecule has 0 unspecified atom stereocenters. The first-order valence-corrected chi connectivity index (χ1v) is 5.50. The molecule has 0 heterocycles. The van der Waals surface area contributed by atoms with E-state index in [9.17, 15) is 9.59 Å². The summed E-state index contributed by atoms with van der Waals surface area (Å²) in [6.45, 7) is 2.55. The maximum Gasteiger partial charge on any atom is 0.305 e. The molecule has 1 rings (SSSR count). The van der Waals surface area contributed by atoms with E-state index in [1.165, 1.54) is 0 Å². The Labute approximate surface area is 94.8 Å². The Balaban J connectivity index is 2.10. The molecule has 1 N–H and O–H groups in total. The summed E-state index contributed by atoms with van der Waals surface area (Å²) in [6, 6.07) is 2.02. The van der Waals surface area contributed by atoms with Gasteiger partial charge in [0, 0.05) is 13.0 Å². The third-order valence-electron chi connectivity index (χ3n) is 2.55. The molecule has 0 aromatic heterocycles. The fraction of sp³-hybridized carbons (Fsp3) is 0.727. The van der Waals surface area contributed by atoms with Gasteiger partial charge in [-0.05, 0) is 26.2 Å². The topological polar surface area (TPSA) is 79.2 Å². The zero-order valence-electron chi connectivity index (χ0n) is 9.41. The van der Waals surface area contributed by atoms with Gasteiger partial charge in [0.25, 0.3) is 0 Å². The highest BCUT2D eigenvalue weighted by atomic mass is 16.5. The second-order valence-electron chi connectivity index (χ2n) is 3.86. The quantitative estimate of drug-likeness (QED) is 0.533. The van der Waals surface area contributed by atoms with Crippen LogP contribution in [0.15, 0.2) is 0 Å². The second kappa shape index (κ2) is 5.50. The fourth-order valence-corrected chi connectivity index (χ4v) is 1.35. The van der Waals surface area contributed by atoms with Crippen LogP contribution in [0.2, 0.25) is 0 Å². The number of nitriles is 1. The minimum Gasteiger partial charge on any atom is -0.466 e. The molecule has 1 aliphatic rings. The van der Waals surface area contributed by atoms with Gasteiger partial charge in [0.2, 0.25) is 5.91 Å². The number of amides is 1. The largest absolute Gasteiger partial charge is 0.466 e. The summed E-state index contributed by atoms with van der Waals surface area (Å²) in [7, 11) is 0. The molecule has 0 spiro atoms. The van der Waals surface area contributed by atoms with Crippen molar-refractivity contribution in [3.05, 3.63) is 0 Å². The van der Waals surface area contributed by atoms with Crippen molar-refractivity contribution in [2.24, 2.45) is 5.41 Å². The SMILES string of the molecule is CCOC(=O)CCCNC(=O)C1(C#N)CC1. The molecule has 5 nitrogen and oxygen atoms in total. The average Bonchev–Trinajstić information content (AvgIpc) is 3.05. The standard InChI is InChI=1S/C11H16N2O3/c1-2-16-9(14)4-3-7-13-10(15)11(8-12)5-6-11/h2-7H2,1H3,(H,13,15). The van der Waals surface area contributed by atoms with Crippen molar-refractivity contribution in [2.75, 3.05) is 13.2 Å². The zero-order chi connectivity index (χ0) is 12.0. The molecule has 0 aromatic rings. The molecule has 88 valence electrons. The van der Waals surface area contributed by atoms with Crippen LogP contribution in [-0.4, -0.2) is 25.0 Å². The third kappa shape index (κ3) is 3.23. The molecule has 1 aliphatic carbocycles. The minimum absolute atomic E-state index is 0.209. The van der Waals surface area contributed by atoms with E-state index >= 15 is 0 Å². The first-order valence-electron chi connectivity index (χ1n) is 5.50. The highest BCUT2D eigenvalue weighted by Gasteiger charge is 2.50. The molecule has 1 fully saturated rings.